The van der Waals surface area contributed by atoms with Crippen LogP contribution in [0.25, 0.3) is 0 Å². The second-order valence-electron chi connectivity index (χ2n) is 4.83. The van der Waals surface area contributed by atoms with Crippen molar-refractivity contribution in [3.63, 3.8) is 0 Å². The van der Waals surface area contributed by atoms with Gasteiger partial charge in [-0.15, -0.1) is 11.3 Å². The summed E-state index contributed by atoms with van der Waals surface area (Å²) >= 11 is 1.28. The van der Waals surface area contributed by atoms with Gasteiger partial charge in [-0.05, 0) is 42.5 Å². The van der Waals surface area contributed by atoms with Gasteiger partial charge in [0.25, 0.3) is 0 Å². The summed E-state index contributed by atoms with van der Waals surface area (Å²) in [5.41, 5.74) is 0. The maximum atomic E-state index is 12.0. The fourth-order valence-electron chi connectivity index (χ4n) is 3.06. The molecule has 2 saturated carbocycles. The van der Waals surface area contributed by atoms with Gasteiger partial charge in [0.2, 0.25) is 10.0 Å². The zero-order valence-electron chi connectivity index (χ0n) is 8.93. The number of rotatable bonds is 3. The van der Waals surface area contributed by atoms with Crippen LogP contribution in [0, 0.1) is 11.8 Å². The van der Waals surface area contributed by atoms with E-state index in [1.165, 1.54) is 30.6 Å². The average Bonchev–Trinajstić information content (AvgIpc) is 2.94. The number of nitrogens with one attached hydrogen (secondary N) is 1. The normalized spacial score (nSPS) is 33.4. The van der Waals surface area contributed by atoms with Crippen molar-refractivity contribution in [1.29, 1.82) is 0 Å². The summed E-state index contributed by atoms with van der Waals surface area (Å²) in [6.07, 6.45) is 4.75. The zero-order chi connectivity index (χ0) is 11.2. The molecule has 0 saturated heterocycles. The Bertz CT molecular complexity index is 466. The highest BCUT2D eigenvalue weighted by molar-refractivity contribution is 7.91. The summed E-state index contributed by atoms with van der Waals surface area (Å²) in [7, 11) is -3.25. The number of hydrogen-bond acceptors (Lipinski definition) is 3. The Morgan fingerprint density at radius 2 is 2.19 bits per heavy atom. The molecule has 3 atom stereocenters. The van der Waals surface area contributed by atoms with Crippen LogP contribution >= 0.6 is 11.3 Å². The van der Waals surface area contributed by atoms with Gasteiger partial charge < -0.3 is 0 Å². The van der Waals surface area contributed by atoms with Crippen LogP contribution in [-0.4, -0.2) is 14.5 Å². The Labute approximate surface area is 99.9 Å². The van der Waals surface area contributed by atoms with Crippen molar-refractivity contribution in [2.45, 2.75) is 35.9 Å². The largest absolute Gasteiger partial charge is 0.250 e. The summed E-state index contributed by atoms with van der Waals surface area (Å²) in [5.74, 6) is 1.35. The number of fused-ring (bicyclic) bond motifs is 2. The van der Waals surface area contributed by atoms with Crippen LogP contribution in [0.4, 0.5) is 0 Å². The van der Waals surface area contributed by atoms with Crippen molar-refractivity contribution in [2.75, 3.05) is 0 Å². The average molecular weight is 257 g/mol. The molecule has 2 fully saturated rings. The molecule has 88 valence electrons. The molecule has 1 heterocycles. The molecule has 1 aromatic rings. The highest BCUT2D eigenvalue weighted by atomic mass is 32.2. The quantitative estimate of drug-likeness (QED) is 0.902. The number of hydrogen-bond donors (Lipinski definition) is 1. The van der Waals surface area contributed by atoms with E-state index in [0.717, 1.165) is 12.3 Å². The SMILES string of the molecule is O=S(=O)(N[C@@H]1C[C@@H]2CC[C@@H]1C2)c1cccs1. The third kappa shape index (κ3) is 1.81. The Morgan fingerprint density at radius 3 is 2.75 bits per heavy atom. The molecular formula is C11H15NO2S2. The molecule has 1 N–H and O–H groups in total. The standard InChI is InChI=1S/C11H15NO2S2/c13-16(14,11-2-1-5-15-11)12-10-7-8-3-4-9(10)6-8/h1-2,5,8-10,12H,3-4,6-7H2/t8-,9-,10-/m1/s1. The molecule has 0 amide bonds. The van der Waals surface area contributed by atoms with Crippen LogP contribution in [0.5, 0.6) is 0 Å². The molecule has 0 radical (unpaired) electrons. The fourth-order valence-corrected chi connectivity index (χ4v) is 5.39. The summed E-state index contributed by atoms with van der Waals surface area (Å²) in [5, 5.41) is 1.80. The predicted octanol–water partition coefficient (Wildman–Crippen LogP) is 2.21. The summed E-state index contributed by atoms with van der Waals surface area (Å²) < 4.78 is 27.4. The first-order valence-corrected chi connectivity index (χ1v) is 8.07. The molecule has 2 aliphatic rings. The summed E-state index contributed by atoms with van der Waals surface area (Å²) in [6.45, 7) is 0. The highest BCUT2D eigenvalue weighted by Gasteiger charge is 2.41. The van der Waals surface area contributed by atoms with E-state index in [4.69, 9.17) is 0 Å². The second kappa shape index (κ2) is 3.82. The van der Waals surface area contributed by atoms with Crippen LogP contribution < -0.4 is 4.72 Å². The van der Waals surface area contributed by atoms with Crippen molar-refractivity contribution in [2.24, 2.45) is 11.8 Å². The minimum atomic E-state index is -3.25. The number of thiophene rings is 1. The van der Waals surface area contributed by atoms with Crippen molar-refractivity contribution < 1.29 is 8.42 Å². The van der Waals surface area contributed by atoms with Crippen LogP contribution in [0.1, 0.15) is 25.7 Å². The number of sulfonamides is 1. The molecule has 0 spiro atoms. The third-order valence-electron chi connectivity index (χ3n) is 3.80. The Hall–Kier alpha value is -0.390. The van der Waals surface area contributed by atoms with Gasteiger partial charge in [-0.1, -0.05) is 12.5 Å². The smallest absolute Gasteiger partial charge is 0.207 e. The van der Waals surface area contributed by atoms with E-state index in [2.05, 4.69) is 4.72 Å². The lowest BCUT2D eigenvalue weighted by Gasteiger charge is -2.22. The van der Waals surface area contributed by atoms with Gasteiger partial charge >= 0.3 is 0 Å². The van der Waals surface area contributed by atoms with Gasteiger partial charge in [-0.25, -0.2) is 13.1 Å². The zero-order valence-corrected chi connectivity index (χ0v) is 10.6. The molecule has 1 aromatic heterocycles. The van der Waals surface area contributed by atoms with Crippen LogP contribution in [0.3, 0.4) is 0 Å². The molecule has 2 aliphatic carbocycles. The minimum absolute atomic E-state index is 0.186. The van der Waals surface area contributed by atoms with Crippen LogP contribution in [0.2, 0.25) is 0 Å². The van der Waals surface area contributed by atoms with Gasteiger partial charge in [0.05, 0.1) is 0 Å². The lowest BCUT2D eigenvalue weighted by molar-refractivity contribution is 0.390. The van der Waals surface area contributed by atoms with Gasteiger partial charge in [-0.3, -0.25) is 0 Å². The van der Waals surface area contributed by atoms with E-state index in [1.54, 1.807) is 17.5 Å². The molecule has 0 unspecified atom stereocenters. The van der Waals surface area contributed by atoms with Crippen molar-refractivity contribution >= 4 is 21.4 Å². The van der Waals surface area contributed by atoms with E-state index < -0.39 is 10.0 Å². The van der Waals surface area contributed by atoms with Crippen LogP contribution in [0.15, 0.2) is 21.7 Å². The monoisotopic (exact) mass is 257 g/mol. The van der Waals surface area contributed by atoms with E-state index in [0.29, 0.717) is 10.1 Å². The molecule has 16 heavy (non-hydrogen) atoms. The first kappa shape index (κ1) is 10.7. The predicted molar refractivity (Wildman–Crippen MR) is 63.9 cm³/mol. The van der Waals surface area contributed by atoms with E-state index in [9.17, 15) is 8.42 Å². The molecule has 0 aliphatic heterocycles. The molecule has 0 aromatic carbocycles. The molecule has 2 bridgehead atoms. The van der Waals surface area contributed by atoms with Gasteiger partial charge in [0, 0.05) is 6.04 Å². The molecule has 3 nitrogen and oxygen atoms in total. The maximum Gasteiger partial charge on any atom is 0.250 e. The van der Waals surface area contributed by atoms with Crippen molar-refractivity contribution in [3.05, 3.63) is 17.5 Å². The molecular weight excluding hydrogens is 242 g/mol. The summed E-state index contributed by atoms with van der Waals surface area (Å²) in [6, 6.07) is 3.63. The van der Waals surface area contributed by atoms with Crippen molar-refractivity contribution in [1.82, 2.24) is 4.72 Å². The lowest BCUT2D eigenvalue weighted by Crippen LogP contribution is -2.38. The minimum Gasteiger partial charge on any atom is -0.207 e. The highest BCUT2D eigenvalue weighted by Crippen LogP contribution is 2.44. The van der Waals surface area contributed by atoms with E-state index in [1.807, 2.05) is 0 Å². The summed E-state index contributed by atoms with van der Waals surface area (Å²) in [4.78, 5) is 0. The van der Waals surface area contributed by atoms with Crippen LogP contribution in [-0.2, 0) is 10.0 Å². The Balaban J connectivity index is 1.76. The third-order valence-corrected chi connectivity index (χ3v) is 6.69. The van der Waals surface area contributed by atoms with Gasteiger partial charge in [0.1, 0.15) is 4.21 Å². The molecule has 3 rings (SSSR count). The fraction of sp³-hybridized carbons (Fsp3) is 0.636. The Morgan fingerprint density at radius 1 is 1.31 bits per heavy atom. The lowest BCUT2D eigenvalue weighted by atomic mass is 9.96. The topological polar surface area (TPSA) is 46.2 Å². The molecule has 5 heteroatoms. The van der Waals surface area contributed by atoms with Crippen molar-refractivity contribution in [3.8, 4) is 0 Å². The first-order valence-electron chi connectivity index (χ1n) is 5.71. The second-order valence-corrected chi connectivity index (χ2v) is 7.72. The Kier molecular flexibility index (Phi) is 2.57. The van der Waals surface area contributed by atoms with E-state index in [-0.39, 0.29) is 6.04 Å². The maximum absolute atomic E-state index is 12.0. The van der Waals surface area contributed by atoms with Gasteiger partial charge in [0.15, 0.2) is 0 Å². The van der Waals surface area contributed by atoms with Gasteiger partial charge in [-0.2, -0.15) is 0 Å². The van der Waals surface area contributed by atoms with E-state index >= 15 is 0 Å². The first-order chi connectivity index (χ1) is 7.65.